The van der Waals surface area contributed by atoms with E-state index in [-0.39, 0.29) is 24.3 Å². The SMILES string of the molecule is CC(NC(=O)C1CC(=O)N(c2ccc(F)cc2F)C1)c1cccc([N+](=O)[O-])c1. The fourth-order valence-electron chi connectivity index (χ4n) is 3.14. The number of nitro benzene ring substituents is 1. The molecule has 0 bridgehead atoms. The maximum Gasteiger partial charge on any atom is 0.269 e. The molecule has 1 fully saturated rings. The second-order valence-corrected chi connectivity index (χ2v) is 6.58. The maximum absolute atomic E-state index is 13.9. The first kappa shape index (κ1) is 19.4. The van der Waals surface area contributed by atoms with Crippen molar-refractivity contribution in [2.24, 2.45) is 5.92 Å². The Morgan fingerprint density at radius 2 is 2.04 bits per heavy atom. The van der Waals surface area contributed by atoms with Gasteiger partial charge in [0.25, 0.3) is 5.69 Å². The zero-order chi connectivity index (χ0) is 20.4. The van der Waals surface area contributed by atoms with Crippen LogP contribution in [0.1, 0.15) is 24.9 Å². The number of halogens is 2. The van der Waals surface area contributed by atoms with Gasteiger partial charge in [0.1, 0.15) is 11.6 Å². The number of nitrogens with one attached hydrogen (secondary N) is 1. The molecule has 1 N–H and O–H groups in total. The van der Waals surface area contributed by atoms with E-state index < -0.39 is 40.3 Å². The molecule has 7 nitrogen and oxygen atoms in total. The Morgan fingerprint density at radius 3 is 2.71 bits per heavy atom. The van der Waals surface area contributed by atoms with Crippen LogP contribution in [0, 0.1) is 27.7 Å². The number of nitro groups is 1. The number of benzene rings is 2. The van der Waals surface area contributed by atoms with Crippen LogP contribution >= 0.6 is 0 Å². The van der Waals surface area contributed by atoms with Crippen molar-refractivity contribution in [1.82, 2.24) is 5.32 Å². The molecule has 9 heteroatoms. The Bertz CT molecular complexity index is 951. The van der Waals surface area contributed by atoms with Gasteiger partial charge in [-0.25, -0.2) is 8.78 Å². The summed E-state index contributed by atoms with van der Waals surface area (Å²) in [6, 6.07) is 8.26. The summed E-state index contributed by atoms with van der Waals surface area (Å²) in [6.07, 6.45) is -0.107. The summed E-state index contributed by atoms with van der Waals surface area (Å²) in [5.41, 5.74) is 0.384. The number of amides is 2. The van der Waals surface area contributed by atoms with E-state index in [1.165, 1.54) is 18.2 Å². The Balaban J connectivity index is 1.69. The van der Waals surface area contributed by atoms with Crippen molar-refractivity contribution in [1.29, 1.82) is 0 Å². The molecule has 1 aliphatic rings. The third-order valence-corrected chi connectivity index (χ3v) is 4.64. The molecule has 1 heterocycles. The van der Waals surface area contributed by atoms with Crippen LogP contribution in [0.2, 0.25) is 0 Å². The summed E-state index contributed by atoms with van der Waals surface area (Å²) < 4.78 is 27.0. The van der Waals surface area contributed by atoms with E-state index in [2.05, 4.69) is 5.32 Å². The van der Waals surface area contributed by atoms with Gasteiger partial charge in [0.15, 0.2) is 0 Å². The van der Waals surface area contributed by atoms with Crippen molar-refractivity contribution in [2.75, 3.05) is 11.4 Å². The summed E-state index contributed by atoms with van der Waals surface area (Å²) in [6.45, 7) is 1.64. The minimum atomic E-state index is -0.876. The van der Waals surface area contributed by atoms with Gasteiger partial charge in [0, 0.05) is 31.2 Å². The van der Waals surface area contributed by atoms with Gasteiger partial charge in [-0.15, -0.1) is 0 Å². The molecule has 1 aliphatic heterocycles. The first-order valence-electron chi connectivity index (χ1n) is 8.56. The van der Waals surface area contributed by atoms with Crippen LogP contribution in [0.15, 0.2) is 42.5 Å². The molecular formula is C19H17F2N3O4. The van der Waals surface area contributed by atoms with Gasteiger partial charge in [-0.2, -0.15) is 0 Å². The standard InChI is InChI=1S/C19H17F2N3O4/c1-11(12-3-2-4-15(7-12)24(27)28)22-19(26)13-8-18(25)23(10-13)17-6-5-14(20)9-16(17)21/h2-7,9,11,13H,8,10H2,1H3,(H,22,26). The van der Waals surface area contributed by atoms with Crippen molar-refractivity contribution < 1.29 is 23.3 Å². The van der Waals surface area contributed by atoms with Crippen molar-refractivity contribution in [3.63, 3.8) is 0 Å². The number of nitrogens with zero attached hydrogens (tertiary/aromatic N) is 2. The second-order valence-electron chi connectivity index (χ2n) is 6.58. The second kappa shape index (κ2) is 7.71. The third-order valence-electron chi connectivity index (χ3n) is 4.64. The summed E-state index contributed by atoms with van der Waals surface area (Å²) in [4.78, 5) is 36.2. The lowest BCUT2D eigenvalue weighted by molar-refractivity contribution is -0.384. The lowest BCUT2D eigenvalue weighted by Crippen LogP contribution is -2.34. The summed E-state index contributed by atoms with van der Waals surface area (Å²) in [5, 5.41) is 13.6. The van der Waals surface area contributed by atoms with Crippen LogP contribution in [0.3, 0.4) is 0 Å². The number of anilines is 1. The molecule has 0 radical (unpaired) electrons. The molecule has 2 aromatic rings. The van der Waals surface area contributed by atoms with Crippen molar-refractivity contribution in [3.05, 3.63) is 69.8 Å². The van der Waals surface area contributed by atoms with E-state index >= 15 is 0 Å². The molecule has 2 unspecified atom stereocenters. The minimum absolute atomic E-state index is 0.0329. The van der Waals surface area contributed by atoms with Crippen molar-refractivity contribution in [2.45, 2.75) is 19.4 Å². The van der Waals surface area contributed by atoms with Crippen LogP contribution in [-0.2, 0) is 9.59 Å². The highest BCUT2D eigenvalue weighted by molar-refractivity contribution is 6.00. The number of carbonyl (C=O) groups is 2. The quantitative estimate of drug-likeness (QED) is 0.628. The van der Waals surface area contributed by atoms with E-state index in [9.17, 15) is 28.5 Å². The molecule has 146 valence electrons. The van der Waals surface area contributed by atoms with Gasteiger partial charge in [0.05, 0.1) is 22.6 Å². The Morgan fingerprint density at radius 1 is 1.29 bits per heavy atom. The van der Waals surface area contributed by atoms with Gasteiger partial charge in [-0.3, -0.25) is 19.7 Å². The highest BCUT2D eigenvalue weighted by Crippen LogP contribution is 2.28. The number of rotatable bonds is 5. The Hall–Kier alpha value is -3.36. The molecule has 2 aromatic carbocycles. The highest BCUT2D eigenvalue weighted by atomic mass is 19.1. The Kier molecular flexibility index (Phi) is 5.34. The van der Waals surface area contributed by atoms with Crippen LogP contribution in [0.4, 0.5) is 20.2 Å². The van der Waals surface area contributed by atoms with E-state index in [0.29, 0.717) is 11.6 Å². The van der Waals surface area contributed by atoms with Crippen molar-refractivity contribution >= 4 is 23.2 Å². The fourth-order valence-corrected chi connectivity index (χ4v) is 3.14. The van der Waals surface area contributed by atoms with Gasteiger partial charge in [0.2, 0.25) is 11.8 Å². The molecule has 0 saturated carbocycles. The minimum Gasteiger partial charge on any atom is -0.349 e. The molecule has 28 heavy (non-hydrogen) atoms. The molecule has 2 amide bonds. The number of non-ortho nitro benzene ring substituents is 1. The summed E-state index contributed by atoms with van der Waals surface area (Å²) in [7, 11) is 0. The van der Waals surface area contributed by atoms with Gasteiger partial charge in [-0.05, 0) is 24.6 Å². The van der Waals surface area contributed by atoms with E-state index in [0.717, 1.165) is 17.0 Å². The molecule has 3 rings (SSSR count). The molecule has 1 saturated heterocycles. The average molecular weight is 389 g/mol. The average Bonchev–Trinajstić information content (AvgIpc) is 3.03. The molecule has 0 aromatic heterocycles. The van der Waals surface area contributed by atoms with Gasteiger partial charge >= 0.3 is 0 Å². The van der Waals surface area contributed by atoms with E-state index in [4.69, 9.17) is 0 Å². The van der Waals surface area contributed by atoms with Crippen LogP contribution in [0.25, 0.3) is 0 Å². The fraction of sp³-hybridized carbons (Fsp3) is 0.263. The first-order chi connectivity index (χ1) is 13.3. The zero-order valence-corrected chi connectivity index (χ0v) is 14.9. The van der Waals surface area contributed by atoms with Gasteiger partial charge in [-0.1, -0.05) is 12.1 Å². The zero-order valence-electron chi connectivity index (χ0n) is 14.9. The molecule has 0 aliphatic carbocycles. The van der Waals surface area contributed by atoms with E-state index in [1.807, 2.05) is 0 Å². The topological polar surface area (TPSA) is 92.6 Å². The normalized spacial score (nSPS) is 17.5. The largest absolute Gasteiger partial charge is 0.349 e. The highest BCUT2D eigenvalue weighted by Gasteiger charge is 2.36. The lowest BCUT2D eigenvalue weighted by Gasteiger charge is -2.19. The Labute approximate surface area is 159 Å². The van der Waals surface area contributed by atoms with Crippen LogP contribution in [0.5, 0.6) is 0 Å². The molecule has 2 atom stereocenters. The van der Waals surface area contributed by atoms with Crippen LogP contribution in [-0.4, -0.2) is 23.3 Å². The number of hydrogen-bond donors (Lipinski definition) is 1. The summed E-state index contributed by atoms with van der Waals surface area (Å²) >= 11 is 0. The third kappa shape index (κ3) is 3.98. The first-order valence-corrected chi connectivity index (χ1v) is 8.56. The summed E-state index contributed by atoms with van der Waals surface area (Å²) in [5.74, 6) is -3.20. The predicted molar refractivity (Wildman–Crippen MR) is 96.5 cm³/mol. The van der Waals surface area contributed by atoms with Gasteiger partial charge < -0.3 is 10.2 Å². The monoisotopic (exact) mass is 389 g/mol. The van der Waals surface area contributed by atoms with Crippen molar-refractivity contribution in [3.8, 4) is 0 Å². The van der Waals surface area contributed by atoms with Crippen LogP contribution < -0.4 is 10.2 Å². The smallest absolute Gasteiger partial charge is 0.269 e. The number of carbonyl (C=O) groups excluding carboxylic acids is 2. The van der Waals surface area contributed by atoms with E-state index in [1.54, 1.807) is 13.0 Å². The molecule has 0 spiro atoms. The lowest BCUT2D eigenvalue weighted by atomic mass is 10.0. The number of hydrogen-bond acceptors (Lipinski definition) is 4. The maximum atomic E-state index is 13.9. The molecular weight excluding hydrogens is 372 g/mol. The predicted octanol–water partition coefficient (Wildman–Crippen LogP) is 3.10.